The van der Waals surface area contributed by atoms with Crippen LogP contribution in [0.2, 0.25) is 0 Å². The lowest BCUT2D eigenvalue weighted by Crippen LogP contribution is -2.42. The Hall–Kier alpha value is -4.51. The molecule has 1 aliphatic carbocycles. The summed E-state index contributed by atoms with van der Waals surface area (Å²) in [5.74, 6) is -0.105. The first-order valence-corrected chi connectivity index (χ1v) is 16.2. The number of nitrogens with one attached hydrogen (secondary N) is 2. The molecule has 0 atom stereocenters. The topological polar surface area (TPSA) is 116 Å². The van der Waals surface area contributed by atoms with Crippen molar-refractivity contribution in [3.63, 3.8) is 0 Å². The van der Waals surface area contributed by atoms with Gasteiger partial charge in [0.2, 0.25) is 5.88 Å². The predicted octanol–water partition coefficient (Wildman–Crippen LogP) is 6.06. The molecule has 9 nitrogen and oxygen atoms in total. The molecule has 47 heavy (non-hydrogen) atoms. The molecule has 6 rings (SSSR count). The molecule has 4 N–H and O–H groups in total. The molecule has 10 heteroatoms. The minimum Gasteiger partial charge on any atom is -0.508 e. The number of carbonyl (C=O) groups is 1. The Morgan fingerprint density at radius 2 is 1.77 bits per heavy atom. The van der Waals surface area contributed by atoms with Gasteiger partial charge in [-0.25, -0.2) is 9.37 Å². The van der Waals surface area contributed by atoms with Crippen molar-refractivity contribution in [2.24, 2.45) is 0 Å². The molecule has 1 saturated heterocycles. The number of phenolic OH excluding ortho intramolecular Hbond substituents is 2. The average Bonchev–Trinajstić information content (AvgIpc) is 3.07. The molecule has 0 unspecified atom stereocenters. The third kappa shape index (κ3) is 8.45. The first-order chi connectivity index (χ1) is 22.8. The number of hydrogen-bond donors (Lipinski definition) is 4. The number of benzene rings is 3. The Morgan fingerprint density at radius 1 is 0.979 bits per heavy atom. The Morgan fingerprint density at radius 3 is 2.57 bits per heavy atom. The highest BCUT2D eigenvalue weighted by molar-refractivity contribution is 5.96. The lowest BCUT2D eigenvalue weighted by molar-refractivity contribution is 0.0342. The SMILES string of the molecule is Cc1ccc(O)c(CN[C@H]2CC[C@H](NC(=O)c3cc(F)cnc3Oc3cccc(-c4ccc(O)cc4CN4CCOCC4)c3)CC2)c1. The molecule has 0 spiro atoms. The van der Waals surface area contributed by atoms with Gasteiger partial charge < -0.3 is 30.3 Å². The summed E-state index contributed by atoms with van der Waals surface area (Å²) in [4.78, 5) is 19.8. The van der Waals surface area contributed by atoms with Gasteiger partial charge in [-0.2, -0.15) is 0 Å². The number of aromatic nitrogens is 1. The lowest BCUT2D eigenvalue weighted by atomic mass is 9.90. The number of amides is 1. The van der Waals surface area contributed by atoms with Gasteiger partial charge in [-0.05, 0) is 85.7 Å². The van der Waals surface area contributed by atoms with Crippen molar-refractivity contribution >= 4 is 5.91 Å². The van der Waals surface area contributed by atoms with Crippen LogP contribution < -0.4 is 15.4 Å². The molecule has 1 amide bonds. The summed E-state index contributed by atoms with van der Waals surface area (Å²) in [6.07, 6.45) is 4.30. The molecule has 3 aromatic carbocycles. The number of aromatic hydroxyl groups is 2. The number of carbonyl (C=O) groups excluding carboxylic acids is 1. The van der Waals surface area contributed by atoms with Gasteiger partial charge in [0.25, 0.3) is 5.91 Å². The van der Waals surface area contributed by atoms with Crippen molar-refractivity contribution in [2.45, 2.75) is 57.8 Å². The molecule has 1 aliphatic heterocycles. The number of halogens is 1. The normalized spacial score (nSPS) is 18.5. The molecule has 2 heterocycles. The van der Waals surface area contributed by atoms with Crippen LogP contribution >= 0.6 is 0 Å². The van der Waals surface area contributed by atoms with Crippen LogP contribution in [0.25, 0.3) is 11.1 Å². The number of pyridine rings is 1. The van der Waals surface area contributed by atoms with Crippen LogP contribution in [0, 0.1) is 12.7 Å². The van der Waals surface area contributed by atoms with E-state index in [4.69, 9.17) is 9.47 Å². The fourth-order valence-corrected chi connectivity index (χ4v) is 6.32. The molecule has 1 aromatic heterocycles. The minimum absolute atomic E-state index is 0.0219. The zero-order valence-corrected chi connectivity index (χ0v) is 26.5. The average molecular weight is 641 g/mol. The van der Waals surface area contributed by atoms with Crippen molar-refractivity contribution < 1.29 is 28.9 Å². The highest BCUT2D eigenvalue weighted by atomic mass is 19.1. The first kappa shape index (κ1) is 32.4. The van der Waals surface area contributed by atoms with Gasteiger partial charge in [-0.15, -0.1) is 0 Å². The van der Waals surface area contributed by atoms with E-state index >= 15 is 0 Å². The van der Waals surface area contributed by atoms with E-state index in [0.717, 1.165) is 78.9 Å². The second-order valence-electron chi connectivity index (χ2n) is 12.4. The van der Waals surface area contributed by atoms with E-state index < -0.39 is 11.7 Å². The van der Waals surface area contributed by atoms with Crippen molar-refractivity contribution in [2.75, 3.05) is 26.3 Å². The summed E-state index contributed by atoms with van der Waals surface area (Å²) in [5, 5.41) is 27.0. The summed E-state index contributed by atoms with van der Waals surface area (Å²) in [5.41, 5.74) is 4.80. The summed E-state index contributed by atoms with van der Waals surface area (Å²) in [7, 11) is 0. The number of morpholine rings is 1. The monoisotopic (exact) mass is 640 g/mol. The van der Waals surface area contributed by atoms with Gasteiger partial charge in [0.15, 0.2) is 0 Å². The van der Waals surface area contributed by atoms with E-state index in [9.17, 15) is 19.4 Å². The third-order valence-corrected chi connectivity index (χ3v) is 8.89. The largest absolute Gasteiger partial charge is 0.508 e. The van der Waals surface area contributed by atoms with Gasteiger partial charge >= 0.3 is 0 Å². The molecular formula is C37H41FN4O5. The Bertz CT molecular complexity index is 1700. The molecular weight excluding hydrogens is 599 g/mol. The third-order valence-electron chi connectivity index (χ3n) is 8.89. The van der Waals surface area contributed by atoms with Crippen LogP contribution in [-0.2, 0) is 17.8 Å². The maximum absolute atomic E-state index is 14.4. The predicted molar refractivity (Wildman–Crippen MR) is 177 cm³/mol. The van der Waals surface area contributed by atoms with E-state index in [2.05, 4.69) is 20.5 Å². The van der Waals surface area contributed by atoms with Crippen molar-refractivity contribution in [1.29, 1.82) is 0 Å². The fraction of sp³-hybridized carbons (Fsp3) is 0.351. The van der Waals surface area contributed by atoms with Gasteiger partial charge in [0, 0.05) is 43.8 Å². The summed E-state index contributed by atoms with van der Waals surface area (Å²) >= 11 is 0. The summed E-state index contributed by atoms with van der Waals surface area (Å²) in [6, 6.07) is 19.7. The van der Waals surface area contributed by atoms with E-state index in [1.807, 2.05) is 43.3 Å². The molecule has 0 radical (unpaired) electrons. The smallest absolute Gasteiger partial charge is 0.257 e. The molecule has 0 bridgehead atoms. The Balaban J connectivity index is 1.10. The van der Waals surface area contributed by atoms with Crippen molar-refractivity contribution in [3.8, 4) is 34.3 Å². The Kier molecular flexibility index (Phi) is 10.3. The van der Waals surface area contributed by atoms with Crippen LogP contribution in [0.15, 0.2) is 72.9 Å². The first-order valence-electron chi connectivity index (χ1n) is 16.2. The number of aryl methyl sites for hydroxylation is 1. The number of phenols is 2. The fourth-order valence-electron chi connectivity index (χ4n) is 6.32. The van der Waals surface area contributed by atoms with Gasteiger partial charge in [0.05, 0.1) is 19.4 Å². The zero-order chi connectivity index (χ0) is 32.8. The lowest BCUT2D eigenvalue weighted by Gasteiger charge is -2.30. The molecule has 1 saturated carbocycles. The maximum Gasteiger partial charge on any atom is 0.257 e. The minimum atomic E-state index is -0.625. The van der Waals surface area contributed by atoms with E-state index in [1.165, 1.54) is 0 Å². The van der Waals surface area contributed by atoms with Crippen LogP contribution in [0.3, 0.4) is 0 Å². The van der Waals surface area contributed by atoms with Gasteiger partial charge in [-0.3, -0.25) is 9.69 Å². The van der Waals surface area contributed by atoms with Gasteiger partial charge in [-0.1, -0.05) is 35.9 Å². The van der Waals surface area contributed by atoms with Gasteiger partial charge in [0.1, 0.15) is 28.6 Å². The molecule has 2 fully saturated rings. The van der Waals surface area contributed by atoms with Crippen molar-refractivity contribution in [3.05, 3.63) is 101 Å². The van der Waals surface area contributed by atoms with E-state index in [1.54, 1.807) is 24.3 Å². The standard InChI is InChI=1S/C37H41FN4O5/c1-24-5-12-35(44)26(17-24)21-39-29-6-8-30(9-7-29)41-36(45)34-20-28(38)22-40-37(34)47-32-4-2-3-25(19-32)33-11-10-31(43)18-27(33)23-42-13-15-46-16-14-42/h2-5,10-12,17-20,22,29-30,39,43-44H,6-9,13-16,21,23H2,1H3,(H,41,45)/t29-,30-. The maximum atomic E-state index is 14.4. The number of ether oxygens (including phenoxy) is 2. The zero-order valence-electron chi connectivity index (χ0n) is 26.5. The van der Waals surface area contributed by atoms with E-state index in [0.29, 0.717) is 32.1 Å². The van der Waals surface area contributed by atoms with Crippen LogP contribution in [0.5, 0.6) is 23.1 Å². The number of hydrogen-bond acceptors (Lipinski definition) is 8. The Labute approximate surface area is 274 Å². The highest BCUT2D eigenvalue weighted by Crippen LogP contribution is 2.33. The molecule has 246 valence electrons. The second kappa shape index (κ2) is 14.9. The van der Waals surface area contributed by atoms with Crippen LogP contribution in [0.4, 0.5) is 4.39 Å². The number of rotatable bonds is 10. The number of nitrogens with zero attached hydrogens (tertiary/aromatic N) is 2. The van der Waals surface area contributed by atoms with Crippen molar-refractivity contribution in [1.82, 2.24) is 20.5 Å². The molecule has 2 aliphatic rings. The second-order valence-corrected chi connectivity index (χ2v) is 12.4. The summed E-state index contributed by atoms with van der Waals surface area (Å²) in [6.45, 7) is 6.23. The summed E-state index contributed by atoms with van der Waals surface area (Å²) < 4.78 is 25.9. The highest BCUT2D eigenvalue weighted by Gasteiger charge is 2.25. The van der Waals surface area contributed by atoms with Crippen LogP contribution in [0.1, 0.15) is 52.7 Å². The van der Waals surface area contributed by atoms with E-state index in [-0.39, 0.29) is 35.0 Å². The molecule has 4 aromatic rings. The quantitative estimate of drug-likeness (QED) is 0.165. The van der Waals surface area contributed by atoms with Crippen LogP contribution in [-0.4, -0.2) is 64.4 Å².